The highest BCUT2D eigenvalue weighted by Crippen LogP contribution is 2.35. The van der Waals surface area contributed by atoms with Gasteiger partial charge in [-0.05, 0) is 43.7 Å². The Kier molecular flexibility index (Phi) is 3.32. The van der Waals surface area contributed by atoms with E-state index in [1.54, 1.807) is 17.7 Å². The molecular formula is C15H20N4S. The Bertz CT molecular complexity index is 586. The first-order chi connectivity index (χ1) is 9.92. The summed E-state index contributed by atoms with van der Waals surface area (Å²) in [6, 6.07) is 3.48. The van der Waals surface area contributed by atoms with Crippen LogP contribution in [0.3, 0.4) is 0 Å². The SMILES string of the molecule is c1nc(N(CC2CCCCN2)C2CC2)c2ccsc2n1. The van der Waals surface area contributed by atoms with Gasteiger partial charge in [0.15, 0.2) is 0 Å². The van der Waals surface area contributed by atoms with E-state index < -0.39 is 0 Å². The molecule has 3 heterocycles. The Morgan fingerprint density at radius 2 is 2.20 bits per heavy atom. The number of hydrogen-bond acceptors (Lipinski definition) is 5. The third-order valence-corrected chi connectivity index (χ3v) is 5.15. The Balaban J connectivity index is 1.63. The molecule has 2 aromatic heterocycles. The van der Waals surface area contributed by atoms with Gasteiger partial charge in [0.25, 0.3) is 0 Å². The number of nitrogens with one attached hydrogen (secondary N) is 1. The second-order valence-electron chi connectivity index (χ2n) is 5.87. The van der Waals surface area contributed by atoms with Crippen molar-refractivity contribution in [2.45, 2.75) is 44.2 Å². The Morgan fingerprint density at radius 3 is 3.00 bits per heavy atom. The Morgan fingerprint density at radius 1 is 1.25 bits per heavy atom. The van der Waals surface area contributed by atoms with E-state index in [-0.39, 0.29) is 0 Å². The lowest BCUT2D eigenvalue weighted by Gasteiger charge is -2.31. The van der Waals surface area contributed by atoms with E-state index in [1.165, 1.54) is 44.0 Å². The van der Waals surface area contributed by atoms with Gasteiger partial charge in [0.05, 0.1) is 5.39 Å². The average molecular weight is 288 g/mol. The maximum absolute atomic E-state index is 4.60. The van der Waals surface area contributed by atoms with Crippen molar-refractivity contribution in [2.24, 2.45) is 0 Å². The molecule has 1 N–H and O–H groups in total. The van der Waals surface area contributed by atoms with Gasteiger partial charge in [-0.15, -0.1) is 11.3 Å². The smallest absolute Gasteiger partial charge is 0.141 e. The van der Waals surface area contributed by atoms with E-state index >= 15 is 0 Å². The molecule has 2 fully saturated rings. The van der Waals surface area contributed by atoms with Crippen molar-refractivity contribution in [1.29, 1.82) is 0 Å². The first kappa shape index (κ1) is 12.5. The summed E-state index contributed by atoms with van der Waals surface area (Å²) < 4.78 is 0. The largest absolute Gasteiger partial charge is 0.351 e. The molecule has 1 saturated carbocycles. The standard InChI is InChI=1S/C15H20N4S/c1-2-7-16-11(3-1)9-19(12-4-5-12)14-13-6-8-20-15(13)18-10-17-14/h6,8,10-12,16H,1-5,7,9H2. The van der Waals surface area contributed by atoms with Crippen molar-refractivity contribution >= 4 is 27.4 Å². The van der Waals surface area contributed by atoms with Crippen molar-refractivity contribution in [3.05, 3.63) is 17.8 Å². The molecule has 0 amide bonds. The predicted molar refractivity (Wildman–Crippen MR) is 83.4 cm³/mol. The van der Waals surface area contributed by atoms with Crippen LogP contribution in [0.1, 0.15) is 32.1 Å². The van der Waals surface area contributed by atoms with Crippen LogP contribution in [-0.2, 0) is 0 Å². The van der Waals surface area contributed by atoms with Crippen molar-refractivity contribution in [3.8, 4) is 0 Å². The minimum atomic E-state index is 0.619. The molecule has 0 spiro atoms. The van der Waals surface area contributed by atoms with Crippen molar-refractivity contribution in [3.63, 3.8) is 0 Å². The number of aromatic nitrogens is 2. The highest BCUT2D eigenvalue weighted by molar-refractivity contribution is 7.16. The topological polar surface area (TPSA) is 41.1 Å². The van der Waals surface area contributed by atoms with Gasteiger partial charge in [-0.1, -0.05) is 6.42 Å². The third kappa shape index (κ3) is 2.40. The van der Waals surface area contributed by atoms with Crippen LogP contribution in [0, 0.1) is 0 Å². The second kappa shape index (κ2) is 5.30. The molecule has 1 saturated heterocycles. The average Bonchev–Trinajstić information content (AvgIpc) is 3.22. The van der Waals surface area contributed by atoms with Gasteiger partial charge in [-0.2, -0.15) is 0 Å². The Labute approximate surface area is 123 Å². The number of nitrogens with zero attached hydrogens (tertiary/aromatic N) is 3. The van der Waals surface area contributed by atoms with Crippen LogP contribution >= 0.6 is 11.3 Å². The summed E-state index contributed by atoms with van der Waals surface area (Å²) >= 11 is 1.70. The highest BCUT2D eigenvalue weighted by Gasteiger charge is 2.33. The van der Waals surface area contributed by atoms with Crippen molar-refractivity contribution in [1.82, 2.24) is 15.3 Å². The van der Waals surface area contributed by atoms with Gasteiger partial charge in [0, 0.05) is 18.6 Å². The summed E-state index contributed by atoms with van der Waals surface area (Å²) in [5.74, 6) is 1.14. The van der Waals surface area contributed by atoms with Gasteiger partial charge in [0.2, 0.25) is 0 Å². The minimum absolute atomic E-state index is 0.619. The Hall–Kier alpha value is -1.20. The van der Waals surface area contributed by atoms with E-state index in [0.29, 0.717) is 12.1 Å². The maximum Gasteiger partial charge on any atom is 0.141 e. The first-order valence-electron chi connectivity index (χ1n) is 7.60. The number of hydrogen-bond donors (Lipinski definition) is 1. The van der Waals surface area contributed by atoms with Crippen molar-refractivity contribution in [2.75, 3.05) is 18.0 Å². The van der Waals surface area contributed by atoms with Gasteiger partial charge < -0.3 is 10.2 Å². The lowest BCUT2D eigenvalue weighted by molar-refractivity contribution is 0.398. The molecule has 2 aliphatic rings. The van der Waals surface area contributed by atoms with Crippen LogP contribution in [0.25, 0.3) is 10.2 Å². The lowest BCUT2D eigenvalue weighted by atomic mass is 10.0. The van der Waals surface area contributed by atoms with Crippen molar-refractivity contribution < 1.29 is 0 Å². The third-order valence-electron chi connectivity index (χ3n) is 4.33. The molecule has 4 nitrogen and oxygen atoms in total. The van der Waals surface area contributed by atoms with Gasteiger partial charge in [-0.3, -0.25) is 0 Å². The molecule has 0 aromatic carbocycles. The monoisotopic (exact) mass is 288 g/mol. The summed E-state index contributed by atoms with van der Waals surface area (Å²) in [4.78, 5) is 12.6. The summed E-state index contributed by atoms with van der Waals surface area (Å²) in [6.07, 6.45) is 8.31. The predicted octanol–water partition coefficient (Wildman–Crippen LogP) is 2.80. The number of fused-ring (bicyclic) bond motifs is 1. The minimum Gasteiger partial charge on any atom is -0.351 e. The summed E-state index contributed by atoms with van der Waals surface area (Å²) in [5, 5.41) is 7.00. The maximum atomic E-state index is 4.60. The lowest BCUT2D eigenvalue weighted by Crippen LogP contribution is -2.44. The molecule has 2 aromatic rings. The van der Waals surface area contributed by atoms with E-state index in [0.717, 1.165) is 17.2 Å². The quantitative estimate of drug-likeness (QED) is 0.939. The zero-order valence-electron chi connectivity index (χ0n) is 11.6. The number of piperidine rings is 1. The molecule has 0 bridgehead atoms. The molecule has 0 radical (unpaired) electrons. The van der Waals surface area contributed by atoms with Gasteiger partial charge in [0.1, 0.15) is 17.0 Å². The van der Waals surface area contributed by atoms with Crippen LogP contribution in [0.15, 0.2) is 17.8 Å². The highest BCUT2D eigenvalue weighted by atomic mass is 32.1. The summed E-state index contributed by atoms with van der Waals surface area (Å²) in [5.41, 5.74) is 0. The van der Waals surface area contributed by atoms with Crippen LogP contribution in [0.4, 0.5) is 5.82 Å². The first-order valence-corrected chi connectivity index (χ1v) is 8.48. The normalized spacial score (nSPS) is 23.1. The number of rotatable bonds is 4. The summed E-state index contributed by atoms with van der Waals surface area (Å²) in [6.45, 7) is 2.26. The fourth-order valence-electron chi connectivity index (χ4n) is 3.12. The molecule has 1 aliphatic carbocycles. The number of thiophene rings is 1. The van der Waals surface area contributed by atoms with Crippen LogP contribution in [0.5, 0.6) is 0 Å². The summed E-state index contributed by atoms with van der Waals surface area (Å²) in [7, 11) is 0. The van der Waals surface area contributed by atoms with Gasteiger partial charge in [-0.25, -0.2) is 9.97 Å². The fourth-order valence-corrected chi connectivity index (χ4v) is 3.85. The molecule has 1 aliphatic heterocycles. The van der Waals surface area contributed by atoms with E-state index in [4.69, 9.17) is 0 Å². The molecule has 106 valence electrons. The molecule has 4 rings (SSSR count). The molecule has 20 heavy (non-hydrogen) atoms. The molecular weight excluding hydrogens is 268 g/mol. The van der Waals surface area contributed by atoms with Crippen LogP contribution < -0.4 is 10.2 Å². The zero-order valence-corrected chi connectivity index (χ0v) is 12.4. The molecule has 5 heteroatoms. The van der Waals surface area contributed by atoms with Crippen LogP contribution in [0.2, 0.25) is 0 Å². The molecule has 1 unspecified atom stereocenters. The fraction of sp³-hybridized carbons (Fsp3) is 0.600. The molecule has 1 atom stereocenters. The van der Waals surface area contributed by atoms with Crippen LogP contribution in [-0.4, -0.2) is 35.1 Å². The van der Waals surface area contributed by atoms with Gasteiger partial charge >= 0.3 is 0 Å². The zero-order chi connectivity index (χ0) is 13.4. The second-order valence-corrected chi connectivity index (χ2v) is 6.76. The van der Waals surface area contributed by atoms with E-state index in [9.17, 15) is 0 Å². The van der Waals surface area contributed by atoms with E-state index in [2.05, 4.69) is 31.6 Å². The number of anilines is 1. The van der Waals surface area contributed by atoms with E-state index in [1.807, 2.05) is 0 Å².